The number of hydrazine groups is 1. The number of anilines is 1. The zero-order chi connectivity index (χ0) is 10.7. The Bertz CT molecular complexity index is 459. The Morgan fingerprint density at radius 1 is 1.12 bits per heavy atom. The Morgan fingerprint density at radius 3 is 2.38 bits per heavy atom. The summed E-state index contributed by atoms with van der Waals surface area (Å²) in [4.78, 5) is 0. The summed E-state index contributed by atoms with van der Waals surface area (Å²) >= 11 is 0. The molecule has 1 aromatic heterocycles. The number of rotatable bonds is 2. The number of nitrogen functional groups attached to an aromatic ring is 1. The van der Waals surface area contributed by atoms with Crippen LogP contribution in [0.2, 0.25) is 0 Å². The summed E-state index contributed by atoms with van der Waals surface area (Å²) < 4.78 is 0. The number of hydrogen-bond acceptors (Lipinski definition) is 4. The van der Waals surface area contributed by atoms with Crippen molar-refractivity contribution >= 4 is 18.2 Å². The van der Waals surface area contributed by atoms with Crippen molar-refractivity contribution in [3.05, 3.63) is 42.0 Å². The maximum atomic E-state index is 5.29. The van der Waals surface area contributed by atoms with Crippen LogP contribution in [0.25, 0.3) is 11.3 Å². The SMILES string of the molecule is Cc1cc(-c2ccccc2)nnc1NN.Cl. The molecule has 0 aliphatic rings. The molecular formula is C11H13ClN4. The smallest absolute Gasteiger partial charge is 0.165 e. The lowest BCUT2D eigenvalue weighted by Gasteiger charge is -2.04. The first-order valence-corrected chi connectivity index (χ1v) is 4.67. The van der Waals surface area contributed by atoms with Crippen LogP contribution in [0.5, 0.6) is 0 Å². The van der Waals surface area contributed by atoms with E-state index in [9.17, 15) is 0 Å². The normalized spacial score (nSPS) is 9.38. The fourth-order valence-corrected chi connectivity index (χ4v) is 1.38. The van der Waals surface area contributed by atoms with Gasteiger partial charge in [-0.2, -0.15) is 0 Å². The molecule has 2 aromatic rings. The minimum atomic E-state index is 0. The zero-order valence-corrected chi connectivity index (χ0v) is 9.66. The van der Waals surface area contributed by atoms with E-state index in [1.165, 1.54) is 0 Å². The highest BCUT2D eigenvalue weighted by Gasteiger charge is 2.03. The van der Waals surface area contributed by atoms with Crippen molar-refractivity contribution in [3.8, 4) is 11.3 Å². The van der Waals surface area contributed by atoms with Gasteiger partial charge in [0.05, 0.1) is 5.69 Å². The molecular weight excluding hydrogens is 224 g/mol. The van der Waals surface area contributed by atoms with Gasteiger partial charge in [-0.1, -0.05) is 30.3 Å². The van der Waals surface area contributed by atoms with Crippen LogP contribution in [0.1, 0.15) is 5.56 Å². The minimum absolute atomic E-state index is 0. The van der Waals surface area contributed by atoms with E-state index in [4.69, 9.17) is 5.84 Å². The van der Waals surface area contributed by atoms with Crippen molar-refractivity contribution in [2.75, 3.05) is 5.43 Å². The van der Waals surface area contributed by atoms with Gasteiger partial charge in [-0.3, -0.25) is 0 Å². The van der Waals surface area contributed by atoms with Gasteiger partial charge < -0.3 is 5.43 Å². The second-order valence-corrected chi connectivity index (χ2v) is 3.27. The number of nitrogens with zero attached hydrogens (tertiary/aromatic N) is 2. The summed E-state index contributed by atoms with van der Waals surface area (Å²) in [6, 6.07) is 11.9. The highest BCUT2D eigenvalue weighted by atomic mass is 35.5. The molecule has 5 heteroatoms. The van der Waals surface area contributed by atoms with Crippen LogP contribution in [-0.2, 0) is 0 Å². The Morgan fingerprint density at radius 2 is 1.81 bits per heavy atom. The number of hydrogen-bond donors (Lipinski definition) is 2. The van der Waals surface area contributed by atoms with E-state index in [-0.39, 0.29) is 12.4 Å². The molecule has 0 saturated carbocycles. The fraction of sp³-hybridized carbons (Fsp3) is 0.0909. The van der Waals surface area contributed by atoms with E-state index in [2.05, 4.69) is 15.6 Å². The van der Waals surface area contributed by atoms with Crippen LogP contribution in [0.15, 0.2) is 36.4 Å². The quantitative estimate of drug-likeness (QED) is 0.620. The van der Waals surface area contributed by atoms with Crippen molar-refractivity contribution in [1.82, 2.24) is 10.2 Å². The standard InChI is InChI=1S/C11H12N4.ClH/c1-8-7-10(14-15-11(8)13-12)9-5-3-2-4-6-9;/h2-7H,12H2,1H3,(H,13,15);1H. The van der Waals surface area contributed by atoms with Gasteiger partial charge in [0.15, 0.2) is 5.82 Å². The van der Waals surface area contributed by atoms with E-state index in [0.29, 0.717) is 5.82 Å². The molecule has 0 unspecified atom stereocenters. The molecule has 0 spiro atoms. The molecule has 0 aliphatic carbocycles. The lowest BCUT2D eigenvalue weighted by atomic mass is 10.1. The van der Waals surface area contributed by atoms with Crippen LogP contribution in [0.3, 0.4) is 0 Å². The van der Waals surface area contributed by atoms with Gasteiger partial charge in [-0.25, -0.2) is 5.84 Å². The second-order valence-electron chi connectivity index (χ2n) is 3.27. The van der Waals surface area contributed by atoms with Crippen LogP contribution >= 0.6 is 12.4 Å². The van der Waals surface area contributed by atoms with Crippen molar-refractivity contribution in [2.24, 2.45) is 5.84 Å². The first-order valence-electron chi connectivity index (χ1n) is 4.67. The summed E-state index contributed by atoms with van der Waals surface area (Å²) in [5, 5.41) is 8.08. The Labute approximate surface area is 100 Å². The van der Waals surface area contributed by atoms with E-state index in [1.807, 2.05) is 43.3 Å². The Balaban J connectivity index is 0.00000128. The number of halogens is 1. The van der Waals surface area contributed by atoms with Crippen LogP contribution < -0.4 is 11.3 Å². The molecule has 0 aliphatic heterocycles. The van der Waals surface area contributed by atoms with E-state index >= 15 is 0 Å². The summed E-state index contributed by atoms with van der Waals surface area (Å²) in [5.41, 5.74) is 5.38. The fourth-order valence-electron chi connectivity index (χ4n) is 1.38. The van der Waals surface area contributed by atoms with Gasteiger partial charge in [-0.05, 0) is 18.6 Å². The van der Waals surface area contributed by atoms with Gasteiger partial charge in [0, 0.05) is 5.56 Å². The lowest BCUT2D eigenvalue weighted by molar-refractivity contribution is 1.01. The van der Waals surface area contributed by atoms with Crippen LogP contribution in [0, 0.1) is 6.92 Å². The number of aryl methyl sites for hydroxylation is 1. The molecule has 0 bridgehead atoms. The van der Waals surface area contributed by atoms with Gasteiger partial charge in [-0.15, -0.1) is 22.6 Å². The molecule has 0 saturated heterocycles. The molecule has 0 radical (unpaired) electrons. The zero-order valence-electron chi connectivity index (χ0n) is 8.84. The maximum absolute atomic E-state index is 5.29. The third kappa shape index (κ3) is 2.48. The van der Waals surface area contributed by atoms with E-state index < -0.39 is 0 Å². The molecule has 0 amide bonds. The van der Waals surface area contributed by atoms with Gasteiger partial charge >= 0.3 is 0 Å². The molecule has 16 heavy (non-hydrogen) atoms. The lowest BCUT2D eigenvalue weighted by Crippen LogP contribution is -2.11. The summed E-state index contributed by atoms with van der Waals surface area (Å²) in [6.45, 7) is 1.94. The largest absolute Gasteiger partial charge is 0.307 e. The second kappa shape index (κ2) is 5.44. The Kier molecular flexibility index (Phi) is 4.22. The highest BCUT2D eigenvalue weighted by Crippen LogP contribution is 2.19. The predicted octanol–water partition coefficient (Wildman–Crippen LogP) is 2.16. The van der Waals surface area contributed by atoms with Gasteiger partial charge in [0.1, 0.15) is 0 Å². The third-order valence-corrected chi connectivity index (χ3v) is 2.19. The van der Waals surface area contributed by atoms with E-state index in [1.54, 1.807) is 0 Å². The van der Waals surface area contributed by atoms with E-state index in [0.717, 1.165) is 16.8 Å². The topological polar surface area (TPSA) is 63.8 Å². The number of nitrogens with one attached hydrogen (secondary N) is 1. The first kappa shape index (κ1) is 12.4. The van der Waals surface area contributed by atoms with Crippen molar-refractivity contribution < 1.29 is 0 Å². The number of benzene rings is 1. The van der Waals surface area contributed by atoms with Gasteiger partial charge in [0.2, 0.25) is 0 Å². The molecule has 3 N–H and O–H groups in total. The number of nitrogens with two attached hydrogens (primary N) is 1. The van der Waals surface area contributed by atoms with Crippen molar-refractivity contribution in [1.29, 1.82) is 0 Å². The molecule has 1 aromatic carbocycles. The molecule has 0 fully saturated rings. The number of aromatic nitrogens is 2. The average molecular weight is 237 g/mol. The summed E-state index contributed by atoms with van der Waals surface area (Å²) in [7, 11) is 0. The molecule has 1 heterocycles. The molecule has 4 nitrogen and oxygen atoms in total. The molecule has 0 atom stereocenters. The third-order valence-electron chi connectivity index (χ3n) is 2.19. The molecule has 84 valence electrons. The van der Waals surface area contributed by atoms with Crippen molar-refractivity contribution in [2.45, 2.75) is 6.92 Å². The van der Waals surface area contributed by atoms with Crippen LogP contribution in [0.4, 0.5) is 5.82 Å². The Hall–Kier alpha value is -1.65. The average Bonchev–Trinajstić information content (AvgIpc) is 2.30. The minimum Gasteiger partial charge on any atom is -0.307 e. The maximum Gasteiger partial charge on any atom is 0.165 e. The monoisotopic (exact) mass is 236 g/mol. The van der Waals surface area contributed by atoms with Crippen LogP contribution in [-0.4, -0.2) is 10.2 Å². The highest BCUT2D eigenvalue weighted by molar-refractivity contribution is 5.85. The summed E-state index contributed by atoms with van der Waals surface area (Å²) in [5.74, 6) is 5.89. The predicted molar refractivity (Wildman–Crippen MR) is 67.3 cm³/mol. The molecule has 2 rings (SSSR count). The summed E-state index contributed by atoms with van der Waals surface area (Å²) in [6.07, 6.45) is 0. The van der Waals surface area contributed by atoms with Gasteiger partial charge in [0.25, 0.3) is 0 Å². The first-order chi connectivity index (χ1) is 7.31. The van der Waals surface area contributed by atoms with Crippen molar-refractivity contribution in [3.63, 3.8) is 0 Å².